The summed E-state index contributed by atoms with van der Waals surface area (Å²) in [4.78, 5) is 28.0. The fraction of sp³-hybridized carbons (Fsp3) is 0.250. The fourth-order valence-corrected chi connectivity index (χ4v) is 4.47. The van der Waals surface area contributed by atoms with E-state index < -0.39 is 6.04 Å². The highest BCUT2D eigenvalue weighted by Gasteiger charge is 2.23. The topological polar surface area (TPSA) is 87.5 Å². The molecule has 1 fully saturated rings. The van der Waals surface area contributed by atoms with Crippen molar-refractivity contribution in [2.45, 2.75) is 31.8 Å². The second kappa shape index (κ2) is 9.76. The molecule has 7 heteroatoms. The average molecular weight is 435 g/mol. The van der Waals surface area contributed by atoms with Gasteiger partial charge >= 0.3 is 0 Å². The molecule has 160 valence electrons. The summed E-state index contributed by atoms with van der Waals surface area (Å²) in [6.07, 6.45) is 2.57. The number of nitrogens with one attached hydrogen (secondary N) is 2. The second-order valence-electron chi connectivity index (χ2n) is 7.54. The van der Waals surface area contributed by atoms with Crippen LogP contribution in [0, 0.1) is 0 Å². The van der Waals surface area contributed by atoms with Crippen molar-refractivity contribution in [1.82, 2.24) is 0 Å². The normalized spacial score (nSPS) is 14.9. The number of hydrogen-bond acceptors (Lipinski definition) is 5. The molecule has 1 aliphatic rings. The number of hydrogen-bond donors (Lipinski definition) is 3. The lowest BCUT2D eigenvalue weighted by molar-refractivity contribution is -0.119. The quantitative estimate of drug-likeness (QED) is 0.510. The van der Waals surface area contributed by atoms with Crippen molar-refractivity contribution in [3.05, 3.63) is 76.5 Å². The number of thiophene rings is 1. The van der Waals surface area contributed by atoms with Crippen LogP contribution in [0.15, 0.2) is 66.0 Å². The lowest BCUT2D eigenvalue weighted by atomic mass is 10.1. The van der Waals surface area contributed by atoms with Crippen LogP contribution in [0.3, 0.4) is 0 Å². The maximum atomic E-state index is 13.2. The Labute approximate surface area is 186 Å². The first-order valence-corrected chi connectivity index (χ1v) is 11.3. The summed E-state index contributed by atoms with van der Waals surface area (Å²) in [5, 5.41) is 8.29. The Morgan fingerprint density at radius 1 is 1.06 bits per heavy atom. The van der Waals surface area contributed by atoms with Gasteiger partial charge in [0.25, 0.3) is 5.91 Å². The molecule has 0 unspecified atom stereocenters. The largest absolute Gasteiger partial charge is 0.369 e. The van der Waals surface area contributed by atoms with Gasteiger partial charge in [0.2, 0.25) is 5.91 Å². The maximum absolute atomic E-state index is 13.2. The van der Waals surface area contributed by atoms with Gasteiger partial charge < -0.3 is 21.3 Å². The molecule has 1 atom stereocenters. The molecule has 4 N–H and O–H groups in total. The molecule has 0 spiro atoms. The van der Waals surface area contributed by atoms with Crippen LogP contribution in [0.4, 0.5) is 17.1 Å². The number of nitrogens with zero attached hydrogens (tertiary/aromatic N) is 1. The number of carbonyl (C=O) groups is 2. The van der Waals surface area contributed by atoms with Gasteiger partial charge in [-0.25, -0.2) is 0 Å². The molecule has 0 saturated carbocycles. The Kier molecular flexibility index (Phi) is 6.64. The van der Waals surface area contributed by atoms with E-state index in [4.69, 9.17) is 5.73 Å². The van der Waals surface area contributed by atoms with Crippen LogP contribution in [0.5, 0.6) is 0 Å². The summed E-state index contributed by atoms with van der Waals surface area (Å²) < 4.78 is 0. The Hall–Kier alpha value is -3.16. The molecule has 3 aromatic rings. The highest BCUT2D eigenvalue weighted by molar-refractivity contribution is 7.10. The highest BCUT2D eigenvalue weighted by Crippen LogP contribution is 2.27. The predicted octanol–water partition coefficient (Wildman–Crippen LogP) is 4.52. The summed E-state index contributed by atoms with van der Waals surface area (Å²) in [6.45, 7) is 1.19. The van der Waals surface area contributed by atoms with Crippen molar-refractivity contribution < 1.29 is 9.59 Å². The van der Waals surface area contributed by atoms with Gasteiger partial charge in [0.05, 0.1) is 0 Å². The van der Waals surface area contributed by atoms with Gasteiger partial charge in [0.1, 0.15) is 6.04 Å². The molecule has 0 bridgehead atoms. The van der Waals surface area contributed by atoms with Crippen molar-refractivity contribution in [2.75, 3.05) is 22.1 Å². The minimum absolute atomic E-state index is 0.151. The molecule has 0 aliphatic carbocycles. The van der Waals surface area contributed by atoms with E-state index in [-0.39, 0.29) is 11.8 Å². The highest BCUT2D eigenvalue weighted by atomic mass is 32.1. The smallest absolute Gasteiger partial charge is 0.252 e. The zero-order valence-electron chi connectivity index (χ0n) is 17.2. The third-order valence-corrected chi connectivity index (χ3v) is 6.27. The van der Waals surface area contributed by atoms with Crippen LogP contribution in [0.25, 0.3) is 0 Å². The van der Waals surface area contributed by atoms with Gasteiger partial charge in [0.15, 0.2) is 0 Å². The third-order valence-electron chi connectivity index (χ3n) is 5.33. The van der Waals surface area contributed by atoms with Gasteiger partial charge in [-0.05, 0) is 66.2 Å². The van der Waals surface area contributed by atoms with Crippen molar-refractivity contribution in [2.24, 2.45) is 5.73 Å². The standard InChI is InChI=1S/C24H26N4O2S/c25-16-17-5-3-6-19(15-17)26-23(21-7-4-14-31-21)24(30)27-18-9-11-20(12-10-18)28-13-2-1-8-22(28)29/h3-7,9-12,14-15,23,26H,1-2,8,13,16,25H2,(H,27,30)/t23-/m0/s1. The van der Waals surface area contributed by atoms with Crippen LogP contribution in [-0.2, 0) is 16.1 Å². The van der Waals surface area contributed by atoms with E-state index in [1.54, 1.807) is 0 Å². The van der Waals surface area contributed by atoms with E-state index in [0.29, 0.717) is 18.7 Å². The van der Waals surface area contributed by atoms with Gasteiger partial charge in [-0.1, -0.05) is 18.2 Å². The molecular weight excluding hydrogens is 408 g/mol. The average Bonchev–Trinajstić information content (AvgIpc) is 3.33. The lowest BCUT2D eigenvalue weighted by Gasteiger charge is -2.27. The molecule has 2 amide bonds. The van der Waals surface area contributed by atoms with Gasteiger partial charge in [0, 0.05) is 41.4 Å². The number of benzene rings is 2. The summed E-state index contributed by atoms with van der Waals surface area (Å²) in [5.41, 5.74) is 9.15. The molecule has 1 aromatic heterocycles. The Balaban J connectivity index is 1.49. The number of piperidine rings is 1. The molecule has 6 nitrogen and oxygen atoms in total. The van der Waals surface area contributed by atoms with Crippen LogP contribution in [-0.4, -0.2) is 18.4 Å². The Morgan fingerprint density at radius 3 is 2.61 bits per heavy atom. The fourth-order valence-electron chi connectivity index (χ4n) is 3.69. The minimum atomic E-state index is -0.531. The van der Waals surface area contributed by atoms with E-state index in [9.17, 15) is 9.59 Å². The zero-order valence-corrected chi connectivity index (χ0v) is 18.0. The summed E-state index contributed by atoms with van der Waals surface area (Å²) >= 11 is 1.53. The van der Waals surface area contributed by atoms with E-state index in [1.807, 2.05) is 70.9 Å². The van der Waals surface area contributed by atoms with Crippen molar-refractivity contribution in [3.8, 4) is 0 Å². The molecular formula is C24H26N4O2S. The molecule has 4 rings (SSSR count). The third kappa shape index (κ3) is 5.13. The van der Waals surface area contributed by atoms with Crippen molar-refractivity contribution in [1.29, 1.82) is 0 Å². The van der Waals surface area contributed by atoms with Crippen LogP contribution < -0.4 is 21.3 Å². The van der Waals surface area contributed by atoms with Gasteiger partial charge in [-0.15, -0.1) is 11.3 Å². The molecule has 31 heavy (non-hydrogen) atoms. The lowest BCUT2D eigenvalue weighted by Crippen LogP contribution is -2.35. The number of carbonyl (C=O) groups excluding carboxylic acids is 2. The van der Waals surface area contributed by atoms with E-state index in [2.05, 4.69) is 10.6 Å². The first-order chi connectivity index (χ1) is 15.1. The van der Waals surface area contributed by atoms with Crippen molar-refractivity contribution in [3.63, 3.8) is 0 Å². The predicted molar refractivity (Wildman–Crippen MR) is 126 cm³/mol. The molecule has 1 aliphatic heterocycles. The van der Waals surface area contributed by atoms with E-state index in [1.165, 1.54) is 11.3 Å². The van der Waals surface area contributed by atoms with Gasteiger partial charge in [-0.3, -0.25) is 9.59 Å². The second-order valence-corrected chi connectivity index (χ2v) is 8.52. The first-order valence-electron chi connectivity index (χ1n) is 10.4. The van der Waals surface area contributed by atoms with Crippen LogP contribution >= 0.6 is 11.3 Å². The Morgan fingerprint density at radius 2 is 1.90 bits per heavy atom. The van der Waals surface area contributed by atoms with Crippen LogP contribution in [0.2, 0.25) is 0 Å². The number of nitrogens with two attached hydrogens (primary N) is 1. The van der Waals surface area contributed by atoms with E-state index >= 15 is 0 Å². The number of anilines is 3. The maximum Gasteiger partial charge on any atom is 0.252 e. The molecule has 0 radical (unpaired) electrons. The SMILES string of the molecule is NCc1cccc(N[C@H](C(=O)Nc2ccc(N3CCCCC3=O)cc2)c2cccs2)c1. The Bertz CT molecular complexity index is 1030. The van der Waals surface area contributed by atoms with Gasteiger partial charge in [-0.2, -0.15) is 0 Å². The number of amides is 2. The molecule has 2 heterocycles. The first kappa shape index (κ1) is 21.1. The molecule has 1 saturated heterocycles. The summed E-state index contributed by atoms with van der Waals surface area (Å²) in [5.74, 6) is 0.00658. The van der Waals surface area contributed by atoms with Crippen LogP contribution in [0.1, 0.15) is 35.7 Å². The summed E-state index contributed by atoms with van der Waals surface area (Å²) in [6, 6.07) is 18.6. The number of rotatable bonds is 7. The monoisotopic (exact) mass is 434 g/mol. The zero-order chi connectivity index (χ0) is 21.6. The van der Waals surface area contributed by atoms with Crippen molar-refractivity contribution >= 4 is 40.2 Å². The van der Waals surface area contributed by atoms with E-state index in [0.717, 1.165) is 41.2 Å². The summed E-state index contributed by atoms with van der Waals surface area (Å²) in [7, 11) is 0. The minimum Gasteiger partial charge on any atom is -0.369 e. The molecule has 2 aromatic carbocycles.